The lowest BCUT2D eigenvalue weighted by Crippen LogP contribution is -2.08. The van der Waals surface area contributed by atoms with Crippen LogP contribution in [0.2, 0.25) is 0 Å². The normalized spacial score (nSPS) is 11.2. The first-order chi connectivity index (χ1) is 10.2. The zero-order valence-corrected chi connectivity index (χ0v) is 12.0. The molecule has 3 aromatic rings. The van der Waals surface area contributed by atoms with Gasteiger partial charge in [0.15, 0.2) is 0 Å². The molecule has 0 bridgehead atoms. The minimum Gasteiger partial charge on any atom is -0.326 e. The Kier molecular flexibility index (Phi) is 3.71. The van der Waals surface area contributed by atoms with Crippen molar-refractivity contribution in [3.8, 4) is 0 Å². The summed E-state index contributed by atoms with van der Waals surface area (Å²) in [5.74, 6) is 0.758. The SMILES string of the molecule is CCc1nc2ccccc2n1Cc1cccc(CN)c1F. The van der Waals surface area contributed by atoms with Crippen LogP contribution in [0.4, 0.5) is 4.39 Å². The highest BCUT2D eigenvalue weighted by molar-refractivity contribution is 5.76. The van der Waals surface area contributed by atoms with E-state index in [9.17, 15) is 4.39 Å². The van der Waals surface area contributed by atoms with E-state index in [1.54, 1.807) is 6.07 Å². The summed E-state index contributed by atoms with van der Waals surface area (Å²) in [5.41, 5.74) is 8.76. The van der Waals surface area contributed by atoms with Gasteiger partial charge < -0.3 is 10.3 Å². The van der Waals surface area contributed by atoms with Gasteiger partial charge in [-0.15, -0.1) is 0 Å². The van der Waals surface area contributed by atoms with Gasteiger partial charge >= 0.3 is 0 Å². The molecule has 3 rings (SSSR count). The summed E-state index contributed by atoms with van der Waals surface area (Å²) in [6.45, 7) is 2.75. The van der Waals surface area contributed by atoms with Gasteiger partial charge in [0.2, 0.25) is 0 Å². The number of nitrogens with zero attached hydrogens (tertiary/aromatic N) is 2. The van der Waals surface area contributed by atoms with Crippen molar-refractivity contribution in [1.29, 1.82) is 0 Å². The summed E-state index contributed by atoms with van der Waals surface area (Å²) >= 11 is 0. The highest BCUT2D eigenvalue weighted by Gasteiger charge is 2.12. The fraction of sp³-hybridized carbons (Fsp3) is 0.235. The highest BCUT2D eigenvalue weighted by Crippen LogP contribution is 2.20. The third kappa shape index (κ3) is 2.43. The van der Waals surface area contributed by atoms with Crippen molar-refractivity contribution in [1.82, 2.24) is 9.55 Å². The molecule has 0 aliphatic rings. The second kappa shape index (κ2) is 5.66. The standard InChI is InChI=1S/C17H18FN3/c1-2-16-20-14-8-3-4-9-15(14)21(16)11-13-7-5-6-12(10-19)17(13)18/h3-9H,2,10-11,19H2,1H3. The number of aryl methyl sites for hydroxylation is 1. The van der Waals surface area contributed by atoms with Gasteiger partial charge in [-0.25, -0.2) is 9.37 Å². The second-order valence-electron chi connectivity index (χ2n) is 5.05. The Morgan fingerprint density at radius 2 is 1.86 bits per heavy atom. The van der Waals surface area contributed by atoms with E-state index >= 15 is 0 Å². The molecule has 1 aromatic heterocycles. The molecule has 3 nitrogen and oxygen atoms in total. The van der Waals surface area contributed by atoms with Crippen LogP contribution in [-0.2, 0) is 19.5 Å². The maximum absolute atomic E-state index is 14.4. The van der Waals surface area contributed by atoms with E-state index in [1.165, 1.54) is 0 Å². The first-order valence-corrected chi connectivity index (χ1v) is 7.15. The van der Waals surface area contributed by atoms with E-state index in [0.29, 0.717) is 17.7 Å². The van der Waals surface area contributed by atoms with E-state index in [-0.39, 0.29) is 12.4 Å². The summed E-state index contributed by atoms with van der Waals surface area (Å²) in [6, 6.07) is 13.3. The van der Waals surface area contributed by atoms with Crippen LogP contribution in [0, 0.1) is 5.82 Å². The van der Waals surface area contributed by atoms with Gasteiger partial charge in [0, 0.05) is 24.1 Å². The van der Waals surface area contributed by atoms with E-state index in [4.69, 9.17) is 5.73 Å². The molecule has 0 atom stereocenters. The van der Waals surface area contributed by atoms with Gasteiger partial charge in [-0.1, -0.05) is 37.3 Å². The predicted octanol–water partition coefficient (Wildman–Crippen LogP) is 3.24. The lowest BCUT2D eigenvalue weighted by molar-refractivity contribution is 0.583. The fourth-order valence-corrected chi connectivity index (χ4v) is 2.65. The van der Waals surface area contributed by atoms with Crippen molar-refractivity contribution < 1.29 is 4.39 Å². The largest absolute Gasteiger partial charge is 0.326 e. The van der Waals surface area contributed by atoms with Gasteiger partial charge in [0.25, 0.3) is 0 Å². The topological polar surface area (TPSA) is 43.8 Å². The molecule has 2 N–H and O–H groups in total. The van der Waals surface area contributed by atoms with Gasteiger partial charge in [0.1, 0.15) is 11.6 Å². The number of imidazole rings is 1. The lowest BCUT2D eigenvalue weighted by Gasteiger charge is -2.11. The first kappa shape index (κ1) is 13.8. The maximum Gasteiger partial charge on any atom is 0.132 e. The number of hydrogen-bond donors (Lipinski definition) is 1. The van der Waals surface area contributed by atoms with Crippen molar-refractivity contribution in [3.63, 3.8) is 0 Å². The number of para-hydroxylation sites is 2. The molecule has 4 heteroatoms. The number of hydrogen-bond acceptors (Lipinski definition) is 2. The highest BCUT2D eigenvalue weighted by atomic mass is 19.1. The van der Waals surface area contributed by atoms with Gasteiger partial charge in [0.05, 0.1) is 17.6 Å². The third-order valence-corrected chi connectivity index (χ3v) is 3.76. The van der Waals surface area contributed by atoms with Crippen LogP contribution in [0.1, 0.15) is 23.9 Å². The molecule has 2 aromatic carbocycles. The predicted molar refractivity (Wildman–Crippen MR) is 82.5 cm³/mol. The van der Waals surface area contributed by atoms with Gasteiger partial charge in [-0.2, -0.15) is 0 Å². The minimum absolute atomic E-state index is 0.208. The number of fused-ring (bicyclic) bond motifs is 1. The second-order valence-corrected chi connectivity index (χ2v) is 5.05. The van der Waals surface area contributed by atoms with Crippen LogP contribution < -0.4 is 5.73 Å². The average molecular weight is 283 g/mol. The van der Waals surface area contributed by atoms with Crippen molar-refractivity contribution in [3.05, 3.63) is 65.2 Å². The van der Waals surface area contributed by atoms with Crippen LogP contribution in [0.25, 0.3) is 11.0 Å². The summed E-state index contributed by atoms with van der Waals surface area (Å²) in [5, 5.41) is 0. The zero-order valence-electron chi connectivity index (χ0n) is 12.0. The van der Waals surface area contributed by atoms with Crippen molar-refractivity contribution in [2.75, 3.05) is 0 Å². The molecule has 1 heterocycles. The van der Waals surface area contributed by atoms with Gasteiger partial charge in [-0.05, 0) is 12.1 Å². The van der Waals surface area contributed by atoms with Crippen molar-refractivity contribution >= 4 is 11.0 Å². The fourth-order valence-electron chi connectivity index (χ4n) is 2.65. The number of nitrogens with two attached hydrogens (primary N) is 1. The molecule has 0 unspecified atom stereocenters. The molecular formula is C17H18FN3. The minimum atomic E-state index is -0.208. The Labute approximate surface area is 123 Å². The number of rotatable bonds is 4. The number of benzene rings is 2. The van der Waals surface area contributed by atoms with E-state index in [0.717, 1.165) is 23.3 Å². The van der Waals surface area contributed by atoms with Crippen LogP contribution in [0.3, 0.4) is 0 Å². The summed E-state index contributed by atoms with van der Waals surface area (Å²) in [7, 11) is 0. The summed E-state index contributed by atoms with van der Waals surface area (Å²) < 4.78 is 16.5. The number of halogens is 1. The summed E-state index contributed by atoms with van der Waals surface area (Å²) in [4.78, 5) is 4.62. The van der Waals surface area contributed by atoms with Crippen LogP contribution >= 0.6 is 0 Å². The number of aromatic nitrogens is 2. The molecule has 21 heavy (non-hydrogen) atoms. The van der Waals surface area contributed by atoms with Gasteiger partial charge in [-0.3, -0.25) is 0 Å². The quantitative estimate of drug-likeness (QED) is 0.798. The molecule has 0 fully saturated rings. The Hall–Kier alpha value is -2.20. The van der Waals surface area contributed by atoms with E-state index in [1.807, 2.05) is 36.4 Å². The van der Waals surface area contributed by atoms with Crippen molar-refractivity contribution in [2.45, 2.75) is 26.4 Å². The molecule has 0 amide bonds. The molecule has 0 aliphatic carbocycles. The lowest BCUT2D eigenvalue weighted by atomic mass is 10.1. The molecule has 0 saturated heterocycles. The monoisotopic (exact) mass is 283 g/mol. The van der Waals surface area contributed by atoms with E-state index in [2.05, 4.69) is 16.5 Å². The molecular weight excluding hydrogens is 265 g/mol. The Bertz CT molecular complexity index is 777. The Morgan fingerprint density at radius 1 is 1.10 bits per heavy atom. The molecule has 0 aliphatic heterocycles. The van der Waals surface area contributed by atoms with Crippen LogP contribution in [0.15, 0.2) is 42.5 Å². The average Bonchev–Trinajstić information content (AvgIpc) is 2.87. The third-order valence-electron chi connectivity index (χ3n) is 3.76. The molecule has 0 saturated carbocycles. The Balaban J connectivity index is 2.09. The van der Waals surface area contributed by atoms with Crippen LogP contribution in [-0.4, -0.2) is 9.55 Å². The first-order valence-electron chi connectivity index (χ1n) is 7.15. The Morgan fingerprint density at radius 3 is 2.62 bits per heavy atom. The summed E-state index contributed by atoms with van der Waals surface area (Å²) in [6.07, 6.45) is 0.812. The molecule has 0 radical (unpaired) electrons. The zero-order chi connectivity index (χ0) is 14.8. The smallest absolute Gasteiger partial charge is 0.132 e. The van der Waals surface area contributed by atoms with Crippen LogP contribution in [0.5, 0.6) is 0 Å². The van der Waals surface area contributed by atoms with Crippen molar-refractivity contribution in [2.24, 2.45) is 5.73 Å². The van der Waals surface area contributed by atoms with E-state index < -0.39 is 0 Å². The molecule has 108 valence electrons. The maximum atomic E-state index is 14.4. The molecule has 0 spiro atoms.